The van der Waals surface area contributed by atoms with Crippen LogP contribution in [0.5, 0.6) is 0 Å². The number of nitrogens with one attached hydrogen (secondary N) is 1. The van der Waals surface area contributed by atoms with E-state index in [4.69, 9.17) is 0 Å². The second-order valence-corrected chi connectivity index (χ2v) is 5.99. The quantitative estimate of drug-likeness (QED) is 0.760. The van der Waals surface area contributed by atoms with Gasteiger partial charge in [0.15, 0.2) is 0 Å². The fourth-order valence-corrected chi connectivity index (χ4v) is 2.15. The maximum absolute atomic E-state index is 14.2. The molecule has 0 spiro atoms. The highest BCUT2D eigenvalue weighted by Gasteiger charge is 2.11. The van der Waals surface area contributed by atoms with Crippen molar-refractivity contribution in [3.8, 4) is 0 Å². The van der Waals surface area contributed by atoms with Gasteiger partial charge >= 0.3 is 0 Å². The van der Waals surface area contributed by atoms with Crippen LogP contribution in [0.15, 0.2) is 18.2 Å². The molecule has 0 saturated heterocycles. The highest BCUT2D eigenvalue weighted by molar-refractivity contribution is 5.48. The van der Waals surface area contributed by atoms with E-state index < -0.39 is 0 Å². The molecule has 0 radical (unpaired) electrons. The van der Waals surface area contributed by atoms with Crippen molar-refractivity contribution in [3.05, 3.63) is 29.6 Å². The highest BCUT2D eigenvalue weighted by Crippen LogP contribution is 2.23. The van der Waals surface area contributed by atoms with Crippen LogP contribution in [0.2, 0.25) is 0 Å². The van der Waals surface area contributed by atoms with E-state index in [0.29, 0.717) is 11.6 Å². The lowest BCUT2D eigenvalue weighted by Crippen LogP contribution is -2.22. The molecular weight excluding hydrogens is 251 g/mol. The van der Waals surface area contributed by atoms with Crippen molar-refractivity contribution >= 4 is 5.69 Å². The summed E-state index contributed by atoms with van der Waals surface area (Å²) in [5, 5.41) is 3.38. The molecule has 0 bridgehead atoms. The van der Waals surface area contributed by atoms with Gasteiger partial charge in [0.2, 0.25) is 0 Å². The van der Waals surface area contributed by atoms with Crippen molar-refractivity contribution in [1.29, 1.82) is 0 Å². The summed E-state index contributed by atoms with van der Waals surface area (Å²) in [6, 6.07) is 5.78. The molecule has 2 nitrogen and oxygen atoms in total. The predicted molar refractivity (Wildman–Crippen MR) is 85.8 cm³/mol. The van der Waals surface area contributed by atoms with E-state index in [1.54, 1.807) is 6.07 Å². The van der Waals surface area contributed by atoms with Gasteiger partial charge < -0.3 is 10.2 Å². The Morgan fingerprint density at radius 1 is 1.25 bits per heavy atom. The number of hydrogen-bond acceptors (Lipinski definition) is 2. The van der Waals surface area contributed by atoms with Crippen LogP contribution in [0.1, 0.15) is 52.1 Å². The summed E-state index contributed by atoms with van der Waals surface area (Å²) < 4.78 is 14.2. The van der Waals surface area contributed by atoms with Gasteiger partial charge in [-0.25, -0.2) is 4.39 Å². The first kappa shape index (κ1) is 17.0. The second kappa shape index (κ2) is 8.25. The summed E-state index contributed by atoms with van der Waals surface area (Å²) in [6.07, 6.45) is 2.16. The van der Waals surface area contributed by atoms with E-state index in [1.165, 1.54) is 0 Å². The molecule has 1 unspecified atom stereocenters. The van der Waals surface area contributed by atoms with E-state index >= 15 is 0 Å². The van der Waals surface area contributed by atoms with Crippen LogP contribution in [0.25, 0.3) is 0 Å². The van der Waals surface area contributed by atoms with Crippen molar-refractivity contribution in [2.75, 3.05) is 25.0 Å². The van der Waals surface area contributed by atoms with Crippen molar-refractivity contribution in [3.63, 3.8) is 0 Å². The molecule has 0 fully saturated rings. The molecule has 0 aliphatic carbocycles. The average molecular weight is 280 g/mol. The Morgan fingerprint density at radius 3 is 2.50 bits per heavy atom. The molecule has 0 aliphatic heterocycles. The lowest BCUT2D eigenvalue weighted by Gasteiger charge is -2.22. The van der Waals surface area contributed by atoms with Crippen LogP contribution in [-0.2, 0) is 0 Å². The van der Waals surface area contributed by atoms with Gasteiger partial charge in [0, 0.05) is 19.6 Å². The molecule has 1 atom stereocenters. The summed E-state index contributed by atoms with van der Waals surface area (Å²) in [5.74, 6) is 0.511. The van der Waals surface area contributed by atoms with E-state index in [1.807, 2.05) is 24.1 Å². The standard InChI is InChI=1S/C17H29FN2/c1-6-10-19-14(4)15-7-8-17(16(18)12-15)20(5)11-9-13(2)3/h7-8,12-14,19H,6,9-11H2,1-5H3. The van der Waals surface area contributed by atoms with Crippen LogP contribution >= 0.6 is 0 Å². The van der Waals surface area contributed by atoms with E-state index in [0.717, 1.165) is 31.5 Å². The van der Waals surface area contributed by atoms with Gasteiger partial charge in [-0.15, -0.1) is 0 Å². The molecule has 0 aromatic heterocycles. The summed E-state index contributed by atoms with van der Waals surface area (Å²) in [7, 11) is 1.96. The largest absolute Gasteiger partial charge is 0.372 e. The molecule has 0 aliphatic rings. The molecule has 0 heterocycles. The van der Waals surface area contributed by atoms with Crippen molar-refractivity contribution in [2.45, 2.75) is 46.6 Å². The number of anilines is 1. The lowest BCUT2D eigenvalue weighted by molar-refractivity contribution is 0.557. The predicted octanol–water partition coefficient (Wildman–Crippen LogP) is 4.37. The third-order valence-corrected chi connectivity index (χ3v) is 3.63. The molecule has 1 N–H and O–H groups in total. The molecule has 3 heteroatoms. The van der Waals surface area contributed by atoms with E-state index in [2.05, 4.69) is 33.0 Å². The topological polar surface area (TPSA) is 15.3 Å². The van der Waals surface area contributed by atoms with Gasteiger partial charge in [0.05, 0.1) is 5.69 Å². The van der Waals surface area contributed by atoms with Crippen LogP contribution in [0.3, 0.4) is 0 Å². The first-order valence-electron chi connectivity index (χ1n) is 7.69. The number of halogens is 1. The van der Waals surface area contributed by atoms with Gasteiger partial charge in [-0.3, -0.25) is 0 Å². The SMILES string of the molecule is CCCNC(C)c1ccc(N(C)CCC(C)C)c(F)c1. The summed E-state index contributed by atoms with van der Waals surface area (Å²) in [5.41, 5.74) is 1.70. The van der Waals surface area contributed by atoms with Crippen molar-refractivity contribution < 1.29 is 4.39 Å². The Labute approximate surface area is 123 Å². The van der Waals surface area contributed by atoms with E-state index in [-0.39, 0.29) is 11.9 Å². The minimum Gasteiger partial charge on any atom is -0.372 e. The summed E-state index contributed by atoms with van der Waals surface area (Å²) >= 11 is 0. The van der Waals surface area contributed by atoms with Gasteiger partial charge in [-0.2, -0.15) is 0 Å². The highest BCUT2D eigenvalue weighted by atomic mass is 19.1. The molecule has 114 valence electrons. The minimum atomic E-state index is -0.126. The number of nitrogens with zero attached hydrogens (tertiary/aromatic N) is 1. The zero-order valence-corrected chi connectivity index (χ0v) is 13.5. The Kier molecular flexibility index (Phi) is 7.00. The Bertz CT molecular complexity index is 404. The fourth-order valence-electron chi connectivity index (χ4n) is 2.15. The molecule has 1 rings (SSSR count). The van der Waals surface area contributed by atoms with Gasteiger partial charge in [0.1, 0.15) is 5.82 Å². The summed E-state index contributed by atoms with van der Waals surface area (Å²) in [6.45, 7) is 10.4. The maximum Gasteiger partial charge on any atom is 0.146 e. The molecule has 1 aromatic carbocycles. The molecule has 0 saturated carbocycles. The third-order valence-electron chi connectivity index (χ3n) is 3.63. The second-order valence-electron chi connectivity index (χ2n) is 5.99. The number of hydrogen-bond donors (Lipinski definition) is 1. The molecule has 0 amide bonds. The fraction of sp³-hybridized carbons (Fsp3) is 0.647. The van der Waals surface area contributed by atoms with Crippen LogP contribution in [-0.4, -0.2) is 20.1 Å². The molecule has 1 aromatic rings. The van der Waals surface area contributed by atoms with Crippen LogP contribution in [0, 0.1) is 11.7 Å². The van der Waals surface area contributed by atoms with Gasteiger partial charge in [-0.05, 0) is 49.9 Å². The maximum atomic E-state index is 14.2. The van der Waals surface area contributed by atoms with Crippen molar-refractivity contribution in [2.24, 2.45) is 5.92 Å². The first-order chi connectivity index (χ1) is 9.45. The molecule has 20 heavy (non-hydrogen) atoms. The summed E-state index contributed by atoms with van der Waals surface area (Å²) in [4.78, 5) is 2.00. The third kappa shape index (κ3) is 5.12. The number of benzene rings is 1. The normalized spacial score (nSPS) is 12.8. The zero-order valence-electron chi connectivity index (χ0n) is 13.5. The average Bonchev–Trinajstić information content (AvgIpc) is 2.41. The van der Waals surface area contributed by atoms with Crippen molar-refractivity contribution in [1.82, 2.24) is 5.32 Å². The van der Waals surface area contributed by atoms with Crippen LogP contribution < -0.4 is 10.2 Å². The lowest BCUT2D eigenvalue weighted by atomic mass is 10.1. The Morgan fingerprint density at radius 2 is 1.95 bits per heavy atom. The number of rotatable bonds is 8. The monoisotopic (exact) mass is 280 g/mol. The van der Waals surface area contributed by atoms with E-state index in [9.17, 15) is 4.39 Å². The first-order valence-corrected chi connectivity index (χ1v) is 7.69. The Balaban J connectivity index is 2.72. The smallest absolute Gasteiger partial charge is 0.146 e. The zero-order chi connectivity index (χ0) is 15.1. The Hall–Kier alpha value is -1.09. The molecular formula is C17H29FN2. The van der Waals surface area contributed by atoms with Gasteiger partial charge in [0.25, 0.3) is 0 Å². The van der Waals surface area contributed by atoms with Crippen LogP contribution in [0.4, 0.5) is 10.1 Å². The van der Waals surface area contributed by atoms with Gasteiger partial charge in [-0.1, -0.05) is 26.8 Å². The minimum absolute atomic E-state index is 0.126.